The van der Waals surface area contributed by atoms with Gasteiger partial charge in [0.25, 0.3) is 0 Å². The minimum Gasteiger partial charge on any atom is -0.493 e. The van der Waals surface area contributed by atoms with E-state index in [9.17, 15) is 5.26 Å². The molecule has 7 heteroatoms. The number of aliphatic imine (C=N–C) groups is 1. The molecule has 3 aromatic rings. The van der Waals surface area contributed by atoms with E-state index in [1.807, 2.05) is 36.4 Å². The smallest absolute Gasteiger partial charge is 0.175 e. The lowest BCUT2D eigenvalue weighted by Gasteiger charge is -2.33. The van der Waals surface area contributed by atoms with E-state index >= 15 is 0 Å². The second-order valence-corrected chi connectivity index (χ2v) is 12.2. The molecule has 2 aromatic carbocycles. The number of nitrogens with zero attached hydrogens (tertiary/aromatic N) is 2. The zero-order valence-electron chi connectivity index (χ0n) is 20.3. The summed E-state index contributed by atoms with van der Waals surface area (Å²) in [6.45, 7) is 7.29. The third-order valence-corrected chi connectivity index (χ3v) is 8.47. The molecule has 4 nitrogen and oxygen atoms in total. The van der Waals surface area contributed by atoms with Crippen LogP contribution < -0.4 is 9.47 Å². The van der Waals surface area contributed by atoms with Crippen molar-refractivity contribution < 1.29 is 9.47 Å². The third-order valence-electron chi connectivity index (χ3n) is 6.46. The summed E-state index contributed by atoms with van der Waals surface area (Å²) in [5, 5.41) is 11.3. The monoisotopic (exact) mass is 570 g/mol. The summed E-state index contributed by atoms with van der Waals surface area (Å²) in [6, 6.07) is 13.8. The van der Waals surface area contributed by atoms with E-state index in [0.717, 1.165) is 45.4 Å². The van der Waals surface area contributed by atoms with Gasteiger partial charge in [0.2, 0.25) is 0 Å². The average molecular weight is 572 g/mol. The summed E-state index contributed by atoms with van der Waals surface area (Å²) in [5.41, 5.74) is 4.04. The van der Waals surface area contributed by atoms with Crippen molar-refractivity contribution in [1.29, 1.82) is 5.26 Å². The van der Waals surface area contributed by atoms with Gasteiger partial charge in [-0.2, -0.15) is 5.26 Å². The number of halogens is 2. The summed E-state index contributed by atoms with van der Waals surface area (Å²) in [6.07, 6.45) is 4.88. The van der Waals surface area contributed by atoms with E-state index in [4.69, 9.17) is 26.1 Å². The maximum absolute atomic E-state index is 9.85. The second kappa shape index (κ2) is 10.7. The molecule has 1 atom stereocenters. The lowest BCUT2D eigenvalue weighted by Crippen LogP contribution is -2.26. The van der Waals surface area contributed by atoms with Gasteiger partial charge in [0.05, 0.1) is 17.1 Å². The van der Waals surface area contributed by atoms with Crippen LogP contribution in [0.4, 0.5) is 5.00 Å². The maximum atomic E-state index is 9.85. The molecule has 0 radical (unpaired) electrons. The van der Waals surface area contributed by atoms with E-state index < -0.39 is 0 Å². The van der Waals surface area contributed by atoms with Gasteiger partial charge in [-0.3, -0.25) is 0 Å². The SMILES string of the molecule is COc1cc(C=Nc2sc3c(c2C#N)CC[C@@H](C(C)(C)C)C3)cc(Br)c1OCc1ccc(Cl)cc1. The maximum Gasteiger partial charge on any atom is 0.175 e. The molecule has 1 aliphatic rings. The number of nitriles is 1. The summed E-state index contributed by atoms with van der Waals surface area (Å²) in [4.78, 5) is 6.04. The number of methoxy groups -OCH3 is 1. The lowest BCUT2D eigenvalue weighted by atomic mass is 9.72. The molecule has 0 spiro atoms. The first kappa shape index (κ1) is 25.8. The Morgan fingerprint density at radius 1 is 1.26 bits per heavy atom. The zero-order chi connectivity index (χ0) is 25.2. The molecule has 182 valence electrons. The van der Waals surface area contributed by atoms with Crippen molar-refractivity contribution in [3.8, 4) is 17.6 Å². The van der Waals surface area contributed by atoms with Crippen LogP contribution in [0.5, 0.6) is 11.5 Å². The standard InChI is InChI=1S/C28H28BrClN2O2S/c1-28(2,3)19-7-10-21-22(14-31)27(35-25(21)13-19)32-15-18-11-23(29)26(24(12-18)33-4)34-16-17-5-8-20(30)9-6-17/h5-6,8-9,11-12,15,19H,7,10,13,16H2,1-4H3/t19-/m1/s1. The minimum atomic E-state index is 0.262. The predicted molar refractivity (Wildman–Crippen MR) is 148 cm³/mol. The Balaban J connectivity index is 1.55. The third kappa shape index (κ3) is 5.91. The minimum absolute atomic E-state index is 0.262. The average Bonchev–Trinajstić information content (AvgIpc) is 3.19. The highest BCUT2D eigenvalue weighted by Gasteiger charge is 2.32. The van der Waals surface area contributed by atoms with Gasteiger partial charge < -0.3 is 9.47 Å². The quantitative estimate of drug-likeness (QED) is 0.279. The van der Waals surface area contributed by atoms with Crippen LogP contribution in [0.2, 0.25) is 5.02 Å². The van der Waals surface area contributed by atoms with Gasteiger partial charge in [0.1, 0.15) is 17.7 Å². The molecule has 0 amide bonds. The normalized spacial score (nSPS) is 15.6. The molecule has 0 fully saturated rings. The topological polar surface area (TPSA) is 54.6 Å². The Morgan fingerprint density at radius 2 is 2.00 bits per heavy atom. The van der Waals surface area contributed by atoms with Gasteiger partial charge >= 0.3 is 0 Å². The van der Waals surface area contributed by atoms with Crippen LogP contribution in [0.3, 0.4) is 0 Å². The molecule has 1 aromatic heterocycles. The van der Waals surface area contributed by atoms with Gasteiger partial charge in [-0.25, -0.2) is 4.99 Å². The molecule has 1 heterocycles. The number of benzene rings is 2. The fourth-order valence-electron chi connectivity index (χ4n) is 4.34. The van der Waals surface area contributed by atoms with Crippen molar-refractivity contribution >= 4 is 50.1 Å². The number of hydrogen-bond acceptors (Lipinski definition) is 5. The van der Waals surface area contributed by atoms with Crippen molar-refractivity contribution in [2.75, 3.05) is 7.11 Å². The van der Waals surface area contributed by atoms with Crippen molar-refractivity contribution in [3.05, 3.63) is 73.0 Å². The second-order valence-electron chi connectivity index (χ2n) is 9.81. The Hall–Kier alpha value is -2.33. The van der Waals surface area contributed by atoms with Crippen LogP contribution in [0, 0.1) is 22.7 Å². The highest BCUT2D eigenvalue weighted by molar-refractivity contribution is 9.10. The summed E-state index contributed by atoms with van der Waals surface area (Å²) >= 11 is 11.2. The summed E-state index contributed by atoms with van der Waals surface area (Å²) in [5.74, 6) is 1.85. The van der Waals surface area contributed by atoms with Crippen LogP contribution >= 0.6 is 38.9 Å². The Labute approximate surface area is 224 Å². The fraction of sp³-hybridized carbons (Fsp3) is 0.357. The van der Waals surface area contributed by atoms with E-state index in [-0.39, 0.29) is 5.41 Å². The van der Waals surface area contributed by atoms with Crippen molar-refractivity contribution in [1.82, 2.24) is 0 Å². The predicted octanol–water partition coefficient (Wildman–Crippen LogP) is 8.52. The molecule has 35 heavy (non-hydrogen) atoms. The molecule has 4 rings (SSSR count). The Bertz CT molecular complexity index is 1290. The number of thiophene rings is 1. The first-order chi connectivity index (χ1) is 16.7. The van der Waals surface area contributed by atoms with Gasteiger partial charge in [-0.15, -0.1) is 11.3 Å². The van der Waals surface area contributed by atoms with E-state index in [1.54, 1.807) is 24.7 Å². The van der Waals surface area contributed by atoms with Crippen molar-refractivity contribution in [2.45, 2.75) is 46.6 Å². The first-order valence-electron chi connectivity index (χ1n) is 11.5. The van der Waals surface area contributed by atoms with Gasteiger partial charge in [0, 0.05) is 16.1 Å². The molecule has 1 aliphatic carbocycles. The van der Waals surface area contributed by atoms with Crippen molar-refractivity contribution in [2.24, 2.45) is 16.3 Å². The van der Waals surface area contributed by atoms with Gasteiger partial charge in [-0.05, 0) is 87.5 Å². The zero-order valence-corrected chi connectivity index (χ0v) is 23.5. The highest BCUT2D eigenvalue weighted by Crippen LogP contribution is 2.45. The number of ether oxygens (including phenoxy) is 2. The van der Waals surface area contributed by atoms with Crippen LogP contribution in [0.25, 0.3) is 0 Å². The summed E-state index contributed by atoms with van der Waals surface area (Å²) < 4.78 is 12.4. The molecule has 0 saturated carbocycles. The molecular weight excluding hydrogens is 544 g/mol. The fourth-order valence-corrected chi connectivity index (χ4v) is 6.26. The van der Waals surface area contributed by atoms with E-state index in [2.05, 4.69) is 42.8 Å². The van der Waals surface area contributed by atoms with Crippen molar-refractivity contribution in [3.63, 3.8) is 0 Å². The van der Waals surface area contributed by atoms with Crippen LogP contribution in [0.15, 0.2) is 45.9 Å². The number of fused-ring (bicyclic) bond motifs is 1. The summed E-state index contributed by atoms with van der Waals surface area (Å²) in [7, 11) is 1.62. The van der Waals surface area contributed by atoms with Gasteiger partial charge in [-0.1, -0.05) is 44.5 Å². The Morgan fingerprint density at radius 3 is 2.66 bits per heavy atom. The molecule has 0 N–H and O–H groups in total. The van der Waals surface area contributed by atoms with Gasteiger partial charge in [0.15, 0.2) is 11.5 Å². The first-order valence-corrected chi connectivity index (χ1v) is 13.5. The van der Waals surface area contributed by atoms with Crippen LogP contribution in [-0.2, 0) is 19.4 Å². The number of rotatable bonds is 6. The lowest BCUT2D eigenvalue weighted by molar-refractivity contribution is 0.218. The highest BCUT2D eigenvalue weighted by atomic mass is 79.9. The van der Waals surface area contributed by atoms with Crippen LogP contribution in [-0.4, -0.2) is 13.3 Å². The molecule has 0 saturated heterocycles. The molecule has 0 bridgehead atoms. The Kier molecular flexibility index (Phi) is 7.90. The molecule has 0 aliphatic heterocycles. The van der Waals surface area contributed by atoms with Crippen LogP contribution in [0.1, 0.15) is 54.3 Å². The largest absolute Gasteiger partial charge is 0.493 e. The van der Waals surface area contributed by atoms with E-state index in [0.29, 0.717) is 29.0 Å². The van der Waals surface area contributed by atoms with E-state index in [1.165, 1.54) is 10.4 Å². The number of hydrogen-bond donors (Lipinski definition) is 0. The molecular formula is C28H28BrClN2O2S. The molecule has 0 unspecified atom stereocenters.